The quantitative estimate of drug-likeness (QED) is 0.279. The van der Waals surface area contributed by atoms with E-state index in [4.69, 9.17) is 0 Å². The predicted molar refractivity (Wildman–Crippen MR) is 91.1 cm³/mol. The molecular formula is C21H16. The standard InChI is InChI=1S/C21H16/c1-13-11-20-18-10-9-14-5-2-3-7-17(14)19(18)12-15-6-4-8-16(13)21(15)20/h2-10,12-13H,11H2,1H3. The molecular weight excluding hydrogens is 252 g/mol. The van der Waals surface area contributed by atoms with Crippen LogP contribution in [-0.4, -0.2) is 0 Å². The Kier molecular flexibility index (Phi) is 2.08. The molecule has 21 heavy (non-hydrogen) atoms. The van der Waals surface area contributed by atoms with Crippen molar-refractivity contribution in [3.05, 3.63) is 71.8 Å². The van der Waals surface area contributed by atoms with Crippen LogP contribution in [0.3, 0.4) is 0 Å². The van der Waals surface area contributed by atoms with Crippen LogP contribution in [-0.2, 0) is 6.42 Å². The number of benzene rings is 4. The minimum absolute atomic E-state index is 0.640. The van der Waals surface area contributed by atoms with E-state index in [-0.39, 0.29) is 0 Å². The van der Waals surface area contributed by atoms with Crippen molar-refractivity contribution < 1.29 is 0 Å². The molecule has 4 aromatic carbocycles. The van der Waals surface area contributed by atoms with Crippen molar-refractivity contribution in [1.82, 2.24) is 0 Å². The van der Waals surface area contributed by atoms with Gasteiger partial charge in [0.2, 0.25) is 0 Å². The molecule has 0 saturated heterocycles. The maximum absolute atomic E-state index is 2.39. The monoisotopic (exact) mass is 268 g/mol. The summed E-state index contributed by atoms with van der Waals surface area (Å²) in [4.78, 5) is 0. The van der Waals surface area contributed by atoms with Gasteiger partial charge in [-0.05, 0) is 61.8 Å². The van der Waals surface area contributed by atoms with E-state index in [0.29, 0.717) is 5.92 Å². The van der Waals surface area contributed by atoms with Crippen LogP contribution in [0.2, 0.25) is 0 Å². The highest BCUT2D eigenvalue weighted by atomic mass is 14.3. The summed E-state index contributed by atoms with van der Waals surface area (Å²) in [5, 5.41) is 8.46. The Bertz CT molecular complexity index is 1020. The first-order valence-electron chi connectivity index (χ1n) is 7.69. The van der Waals surface area contributed by atoms with E-state index in [2.05, 4.69) is 67.6 Å². The van der Waals surface area contributed by atoms with Gasteiger partial charge in [0.15, 0.2) is 0 Å². The molecule has 0 amide bonds. The lowest BCUT2D eigenvalue weighted by molar-refractivity contribution is 0.801. The minimum Gasteiger partial charge on any atom is -0.0616 e. The van der Waals surface area contributed by atoms with Crippen molar-refractivity contribution in [2.24, 2.45) is 0 Å². The van der Waals surface area contributed by atoms with E-state index < -0.39 is 0 Å². The highest BCUT2D eigenvalue weighted by Crippen LogP contribution is 2.43. The van der Waals surface area contributed by atoms with E-state index in [1.54, 1.807) is 5.56 Å². The highest BCUT2D eigenvalue weighted by Gasteiger charge is 2.23. The topological polar surface area (TPSA) is 0 Å². The summed E-state index contributed by atoms with van der Waals surface area (Å²) in [5.74, 6) is 0.640. The zero-order valence-corrected chi connectivity index (χ0v) is 12.1. The third-order valence-corrected chi connectivity index (χ3v) is 5.07. The smallest absolute Gasteiger partial charge is 0.00962 e. The third-order valence-electron chi connectivity index (χ3n) is 5.07. The van der Waals surface area contributed by atoms with E-state index in [9.17, 15) is 0 Å². The molecule has 0 spiro atoms. The van der Waals surface area contributed by atoms with Crippen molar-refractivity contribution in [2.45, 2.75) is 19.3 Å². The Balaban J connectivity index is 2.07. The van der Waals surface area contributed by atoms with Gasteiger partial charge >= 0.3 is 0 Å². The molecule has 0 N–H and O–H groups in total. The van der Waals surface area contributed by atoms with Gasteiger partial charge in [-0.3, -0.25) is 0 Å². The van der Waals surface area contributed by atoms with Gasteiger partial charge in [-0.2, -0.15) is 0 Å². The molecule has 0 heteroatoms. The van der Waals surface area contributed by atoms with Crippen molar-refractivity contribution in [3.63, 3.8) is 0 Å². The Morgan fingerprint density at radius 3 is 2.57 bits per heavy atom. The van der Waals surface area contributed by atoms with Crippen LogP contribution < -0.4 is 0 Å². The molecule has 4 aromatic rings. The molecule has 1 atom stereocenters. The summed E-state index contributed by atoms with van der Waals surface area (Å²) >= 11 is 0. The summed E-state index contributed by atoms with van der Waals surface area (Å²) in [6.45, 7) is 2.35. The fraction of sp³-hybridized carbons (Fsp3) is 0.143. The van der Waals surface area contributed by atoms with Gasteiger partial charge in [0.1, 0.15) is 0 Å². The number of rotatable bonds is 0. The zero-order chi connectivity index (χ0) is 14.0. The van der Waals surface area contributed by atoms with Crippen molar-refractivity contribution in [3.8, 4) is 0 Å². The molecule has 0 aromatic heterocycles. The minimum atomic E-state index is 0.640. The molecule has 5 rings (SSSR count). The molecule has 1 aliphatic rings. The molecule has 1 aliphatic carbocycles. The molecule has 100 valence electrons. The molecule has 0 heterocycles. The average molecular weight is 268 g/mol. The summed E-state index contributed by atoms with van der Waals surface area (Å²) in [6, 6.07) is 22.5. The second-order valence-electron chi connectivity index (χ2n) is 6.29. The van der Waals surface area contributed by atoms with Gasteiger partial charge < -0.3 is 0 Å². The summed E-state index contributed by atoms with van der Waals surface area (Å²) in [6.07, 6.45) is 1.17. The van der Waals surface area contributed by atoms with Crippen LogP contribution in [0.5, 0.6) is 0 Å². The molecule has 0 nitrogen and oxygen atoms in total. The summed E-state index contributed by atoms with van der Waals surface area (Å²) < 4.78 is 0. The largest absolute Gasteiger partial charge is 0.0616 e. The average Bonchev–Trinajstić information content (AvgIpc) is 2.86. The Labute approximate surface area is 124 Å². The van der Waals surface area contributed by atoms with Crippen molar-refractivity contribution >= 4 is 32.3 Å². The van der Waals surface area contributed by atoms with Gasteiger partial charge in [0.25, 0.3) is 0 Å². The summed E-state index contributed by atoms with van der Waals surface area (Å²) in [5.41, 5.74) is 3.08. The highest BCUT2D eigenvalue weighted by molar-refractivity contribution is 6.15. The Hall–Kier alpha value is -2.34. The maximum atomic E-state index is 2.39. The Morgan fingerprint density at radius 1 is 0.762 bits per heavy atom. The van der Waals surface area contributed by atoms with E-state index in [0.717, 1.165) is 0 Å². The lowest BCUT2D eigenvalue weighted by atomic mass is 9.94. The first kappa shape index (κ1) is 11.3. The van der Waals surface area contributed by atoms with Gasteiger partial charge in [0.05, 0.1) is 0 Å². The van der Waals surface area contributed by atoms with Crippen LogP contribution in [0.25, 0.3) is 32.3 Å². The maximum Gasteiger partial charge on any atom is -0.00962 e. The van der Waals surface area contributed by atoms with Gasteiger partial charge in [-0.1, -0.05) is 61.5 Å². The zero-order valence-electron chi connectivity index (χ0n) is 12.1. The lowest BCUT2D eigenvalue weighted by Crippen LogP contribution is -1.88. The molecule has 0 saturated carbocycles. The van der Waals surface area contributed by atoms with Crippen LogP contribution in [0.15, 0.2) is 60.7 Å². The molecule has 1 unspecified atom stereocenters. The van der Waals surface area contributed by atoms with Crippen LogP contribution in [0.4, 0.5) is 0 Å². The molecule has 0 fully saturated rings. The van der Waals surface area contributed by atoms with Gasteiger partial charge in [0, 0.05) is 0 Å². The fourth-order valence-corrected chi connectivity index (χ4v) is 4.10. The first-order valence-corrected chi connectivity index (χ1v) is 7.69. The molecule has 0 radical (unpaired) electrons. The second kappa shape index (κ2) is 3.85. The van der Waals surface area contributed by atoms with Crippen molar-refractivity contribution in [1.29, 1.82) is 0 Å². The summed E-state index contributed by atoms with van der Waals surface area (Å²) in [7, 11) is 0. The van der Waals surface area contributed by atoms with E-state index >= 15 is 0 Å². The van der Waals surface area contributed by atoms with E-state index in [1.165, 1.54) is 44.3 Å². The van der Waals surface area contributed by atoms with Crippen LogP contribution in [0.1, 0.15) is 24.0 Å². The Morgan fingerprint density at radius 2 is 1.62 bits per heavy atom. The second-order valence-corrected chi connectivity index (χ2v) is 6.29. The van der Waals surface area contributed by atoms with Crippen molar-refractivity contribution in [2.75, 3.05) is 0 Å². The number of hydrogen-bond donors (Lipinski definition) is 0. The third kappa shape index (κ3) is 1.40. The van der Waals surface area contributed by atoms with Gasteiger partial charge in [-0.25, -0.2) is 0 Å². The normalized spacial score (nSPS) is 17.1. The lowest BCUT2D eigenvalue weighted by Gasteiger charge is -2.10. The van der Waals surface area contributed by atoms with Crippen LogP contribution >= 0.6 is 0 Å². The number of fused-ring (bicyclic) bond motifs is 4. The fourth-order valence-electron chi connectivity index (χ4n) is 4.10. The van der Waals surface area contributed by atoms with Gasteiger partial charge in [-0.15, -0.1) is 0 Å². The SMILES string of the molecule is CC1Cc2c3ccc4ccccc4c3cc3cccc1c23. The van der Waals surface area contributed by atoms with E-state index in [1.807, 2.05) is 0 Å². The number of hydrogen-bond acceptors (Lipinski definition) is 0. The van der Waals surface area contributed by atoms with Crippen LogP contribution in [0, 0.1) is 0 Å². The predicted octanol–water partition coefficient (Wildman–Crippen LogP) is 5.81. The molecule has 0 aliphatic heterocycles. The molecule has 0 bridgehead atoms. The first-order chi connectivity index (χ1) is 10.3.